The molecule has 2 aromatic rings. The molecular formula is C19H20O3. The highest BCUT2D eigenvalue weighted by Crippen LogP contribution is 2.38. The minimum absolute atomic E-state index is 0.203. The average molecular weight is 296 g/mol. The van der Waals surface area contributed by atoms with Crippen LogP contribution in [-0.2, 0) is 6.42 Å². The standard InChI is InChI=1S/C19H20O3/c1-4-5-14-6-8-17(20-3)16(10-14)13(2)15-7-9-18-19(11-15)22-12-21-18/h4,6-11,13H,1,5,12H2,2-3H3. The van der Waals surface area contributed by atoms with Gasteiger partial charge in [-0.2, -0.15) is 0 Å². The summed E-state index contributed by atoms with van der Waals surface area (Å²) in [5.74, 6) is 2.72. The average Bonchev–Trinajstić information content (AvgIpc) is 3.02. The molecule has 0 N–H and O–H groups in total. The molecule has 0 bridgehead atoms. The lowest BCUT2D eigenvalue weighted by atomic mass is 9.90. The van der Waals surface area contributed by atoms with E-state index in [2.05, 4.69) is 31.7 Å². The van der Waals surface area contributed by atoms with Gasteiger partial charge >= 0.3 is 0 Å². The molecule has 3 heteroatoms. The Kier molecular flexibility index (Phi) is 4.05. The molecule has 3 nitrogen and oxygen atoms in total. The van der Waals surface area contributed by atoms with Crippen molar-refractivity contribution in [2.75, 3.05) is 13.9 Å². The van der Waals surface area contributed by atoms with Gasteiger partial charge < -0.3 is 14.2 Å². The number of hydrogen-bond acceptors (Lipinski definition) is 3. The van der Waals surface area contributed by atoms with Crippen molar-refractivity contribution < 1.29 is 14.2 Å². The summed E-state index contributed by atoms with van der Waals surface area (Å²) in [7, 11) is 1.71. The zero-order valence-corrected chi connectivity index (χ0v) is 13.0. The number of fused-ring (bicyclic) bond motifs is 1. The van der Waals surface area contributed by atoms with Crippen molar-refractivity contribution in [2.24, 2.45) is 0 Å². The van der Waals surface area contributed by atoms with E-state index in [0.717, 1.165) is 23.7 Å². The monoisotopic (exact) mass is 296 g/mol. The molecule has 0 radical (unpaired) electrons. The predicted molar refractivity (Wildman–Crippen MR) is 87.0 cm³/mol. The van der Waals surface area contributed by atoms with Gasteiger partial charge in [-0.3, -0.25) is 0 Å². The first kappa shape index (κ1) is 14.5. The second kappa shape index (κ2) is 6.14. The number of benzene rings is 2. The number of hydrogen-bond donors (Lipinski definition) is 0. The molecule has 0 spiro atoms. The maximum absolute atomic E-state index is 5.53. The molecule has 1 aliphatic rings. The molecule has 1 unspecified atom stereocenters. The molecule has 0 amide bonds. The van der Waals surface area contributed by atoms with E-state index in [0.29, 0.717) is 6.79 Å². The van der Waals surface area contributed by atoms with Crippen LogP contribution < -0.4 is 14.2 Å². The van der Waals surface area contributed by atoms with Crippen LogP contribution in [0.4, 0.5) is 0 Å². The smallest absolute Gasteiger partial charge is 0.231 e. The highest BCUT2D eigenvalue weighted by atomic mass is 16.7. The van der Waals surface area contributed by atoms with Crippen LogP contribution in [0.5, 0.6) is 17.2 Å². The van der Waals surface area contributed by atoms with Crippen molar-refractivity contribution in [3.63, 3.8) is 0 Å². The Balaban J connectivity index is 1.98. The van der Waals surface area contributed by atoms with Gasteiger partial charge in [0.2, 0.25) is 6.79 Å². The topological polar surface area (TPSA) is 27.7 Å². The van der Waals surface area contributed by atoms with Crippen molar-refractivity contribution in [1.82, 2.24) is 0 Å². The Morgan fingerprint density at radius 1 is 1.18 bits per heavy atom. The van der Waals surface area contributed by atoms with Gasteiger partial charge in [0.15, 0.2) is 11.5 Å². The van der Waals surface area contributed by atoms with E-state index < -0.39 is 0 Å². The summed E-state index contributed by atoms with van der Waals surface area (Å²) < 4.78 is 16.4. The molecule has 0 aromatic heterocycles. The normalized spacial score (nSPS) is 13.7. The maximum Gasteiger partial charge on any atom is 0.231 e. The van der Waals surface area contributed by atoms with Gasteiger partial charge in [0.05, 0.1) is 7.11 Å². The second-order valence-corrected chi connectivity index (χ2v) is 5.40. The molecule has 0 saturated carbocycles. The second-order valence-electron chi connectivity index (χ2n) is 5.40. The molecule has 0 saturated heterocycles. The van der Waals surface area contributed by atoms with Crippen molar-refractivity contribution in [3.8, 4) is 17.2 Å². The Hall–Kier alpha value is -2.42. The molecule has 2 aromatic carbocycles. The van der Waals surface area contributed by atoms with E-state index in [-0.39, 0.29) is 5.92 Å². The van der Waals surface area contributed by atoms with E-state index in [1.54, 1.807) is 7.11 Å². The summed E-state index contributed by atoms with van der Waals surface area (Å²) >= 11 is 0. The van der Waals surface area contributed by atoms with Crippen LogP contribution in [0.2, 0.25) is 0 Å². The summed E-state index contributed by atoms with van der Waals surface area (Å²) in [6.07, 6.45) is 2.77. The lowest BCUT2D eigenvalue weighted by Crippen LogP contribution is -2.01. The Bertz CT molecular complexity index is 691. The van der Waals surface area contributed by atoms with Crippen LogP contribution in [-0.4, -0.2) is 13.9 Å². The maximum atomic E-state index is 5.53. The fraction of sp³-hybridized carbons (Fsp3) is 0.263. The fourth-order valence-electron chi connectivity index (χ4n) is 2.78. The van der Waals surface area contributed by atoms with Crippen molar-refractivity contribution in [3.05, 3.63) is 65.7 Å². The molecule has 1 heterocycles. The molecular weight excluding hydrogens is 276 g/mol. The predicted octanol–water partition coefficient (Wildman–Crippen LogP) is 4.30. The minimum atomic E-state index is 0.203. The van der Waals surface area contributed by atoms with Crippen LogP contribution in [0.3, 0.4) is 0 Å². The zero-order chi connectivity index (χ0) is 15.5. The first-order chi connectivity index (χ1) is 10.7. The number of rotatable bonds is 5. The summed E-state index contributed by atoms with van der Waals surface area (Å²) in [5.41, 5.74) is 3.58. The largest absolute Gasteiger partial charge is 0.496 e. The fourth-order valence-corrected chi connectivity index (χ4v) is 2.78. The van der Waals surface area contributed by atoms with Gasteiger partial charge in [-0.15, -0.1) is 6.58 Å². The van der Waals surface area contributed by atoms with Gasteiger partial charge in [-0.05, 0) is 35.7 Å². The van der Waals surface area contributed by atoms with E-state index >= 15 is 0 Å². The summed E-state index contributed by atoms with van der Waals surface area (Å²) in [4.78, 5) is 0. The Labute approximate surface area is 131 Å². The lowest BCUT2D eigenvalue weighted by Gasteiger charge is -2.17. The third-order valence-corrected chi connectivity index (χ3v) is 4.04. The first-order valence-corrected chi connectivity index (χ1v) is 7.40. The molecule has 22 heavy (non-hydrogen) atoms. The Morgan fingerprint density at radius 2 is 2.00 bits per heavy atom. The van der Waals surface area contributed by atoms with Gasteiger partial charge in [-0.25, -0.2) is 0 Å². The first-order valence-electron chi connectivity index (χ1n) is 7.40. The Morgan fingerprint density at radius 3 is 2.77 bits per heavy atom. The van der Waals surface area contributed by atoms with E-state index in [4.69, 9.17) is 14.2 Å². The van der Waals surface area contributed by atoms with E-state index in [9.17, 15) is 0 Å². The third kappa shape index (κ3) is 2.67. The van der Waals surface area contributed by atoms with Crippen LogP contribution in [0.15, 0.2) is 49.1 Å². The van der Waals surface area contributed by atoms with Crippen LogP contribution >= 0.6 is 0 Å². The molecule has 1 atom stereocenters. The van der Waals surface area contributed by atoms with Gasteiger partial charge in [0, 0.05) is 11.5 Å². The lowest BCUT2D eigenvalue weighted by molar-refractivity contribution is 0.174. The van der Waals surface area contributed by atoms with Crippen LogP contribution in [0.1, 0.15) is 29.5 Å². The van der Waals surface area contributed by atoms with Crippen LogP contribution in [0.25, 0.3) is 0 Å². The number of methoxy groups -OCH3 is 1. The number of allylic oxidation sites excluding steroid dienone is 1. The summed E-state index contributed by atoms with van der Waals surface area (Å²) in [6.45, 7) is 6.28. The van der Waals surface area contributed by atoms with Crippen molar-refractivity contribution >= 4 is 0 Å². The highest BCUT2D eigenvalue weighted by molar-refractivity contribution is 5.50. The van der Waals surface area contributed by atoms with Gasteiger partial charge in [0.25, 0.3) is 0 Å². The van der Waals surface area contributed by atoms with E-state index in [1.165, 1.54) is 16.7 Å². The quantitative estimate of drug-likeness (QED) is 0.770. The van der Waals surface area contributed by atoms with Gasteiger partial charge in [0.1, 0.15) is 5.75 Å². The summed E-state index contributed by atoms with van der Waals surface area (Å²) in [5, 5.41) is 0. The SMILES string of the molecule is C=CCc1ccc(OC)c(C(C)c2ccc3c(c2)OCO3)c1. The van der Waals surface area contributed by atoms with Gasteiger partial charge in [-0.1, -0.05) is 31.2 Å². The zero-order valence-electron chi connectivity index (χ0n) is 13.0. The molecule has 0 aliphatic carbocycles. The third-order valence-electron chi connectivity index (χ3n) is 4.04. The highest BCUT2D eigenvalue weighted by Gasteiger charge is 2.19. The molecule has 0 fully saturated rings. The van der Waals surface area contributed by atoms with Crippen LogP contribution in [0, 0.1) is 0 Å². The molecule has 1 aliphatic heterocycles. The molecule has 3 rings (SSSR count). The van der Waals surface area contributed by atoms with Crippen molar-refractivity contribution in [1.29, 1.82) is 0 Å². The summed E-state index contributed by atoms with van der Waals surface area (Å²) in [6, 6.07) is 12.4. The minimum Gasteiger partial charge on any atom is -0.496 e. The van der Waals surface area contributed by atoms with Crippen molar-refractivity contribution in [2.45, 2.75) is 19.3 Å². The molecule has 114 valence electrons. The number of ether oxygens (including phenoxy) is 3. The van der Waals surface area contributed by atoms with E-state index in [1.807, 2.05) is 24.3 Å².